The molecule has 6 rings (SSSR count). The van der Waals surface area contributed by atoms with Gasteiger partial charge in [0.2, 0.25) is 10.9 Å². The van der Waals surface area contributed by atoms with E-state index < -0.39 is 0 Å². The van der Waals surface area contributed by atoms with Crippen LogP contribution >= 0.6 is 11.3 Å². The Morgan fingerprint density at radius 2 is 1.68 bits per heavy atom. The summed E-state index contributed by atoms with van der Waals surface area (Å²) in [5.41, 5.74) is 8.50. The summed E-state index contributed by atoms with van der Waals surface area (Å²) in [4.78, 5) is 10.4. The van der Waals surface area contributed by atoms with E-state index in [-0.39, 0.29) is 0 Å². The van der Waals surface area contributed by atoms with Crippen LogP contribution in [0.1, 0.15) is 22.4 Å². The number of hydrogen-bond donors (Lipinski definition) is 1. The second kappa shape index (κ2) is 7.78. The number of pyridine rings is 1. The molecule has 0 saturated heterocycles. The maximum Gasteiger partial charge on any atom is 0.249 e. The molecule has 4 heterocycles. The Kier molecular flexibility index (Phi) is 4.70. The molecule has 0 unspecified atom stereocenters. The highest BCUT2D eigenvalue weighted by atomic mass is 32.1. The zero-order valence-corrected chi connectivity index (χ0v) is 20.2. The van der Waals surface area contributed by atoms with E-state index in [0.29, 0.717) is 11.8 Å². The predicted molar refractivity (Wildman–Crippen MR) is 137 cm³/mol. The number of para-hydroxylation sites is 1. The van der Waals surface area contributed by atoms with Crippen LogP contribution in [-0.4, -0.2) is 29.4 Å². The predicted octanol–water partition coefficient (Wildman–Crippen LogP) is 6.17. The standard InChI is InChI=1S/C26H23N7S/c1-15-10-11-20(16(2)12-15)21-14-34-26-29-25(31-33(21)26)28-22-13-17(3)23-18(4)30-32(24(23)27-22)19-8-6-5-7-9-19/h5-14H,1-4H3,(H,27,28,31). The van der Waals surface area contributed by atoms with Gasteiger partial charge in [0.25, 0.3) is 0 Å². The summed E-state index contributed by atoms with van der Waals surface area (Å²) in [7, 11) is 0. The number of nitrogens with zero attached hydrogens (tertiary/aromatic N) is 6. The lowest BCUT2D eigenvalue weighted by Gasteiger charge is -2.07. The van der Waals surface area contributed by atoms with Crippen molar-refractivity contribution in [3.8, 4) is 16.9 Å². The van der Waals surface area contributed by atoms with E-state index in [0.717, 1.165) is 44.2 Å². The van der Waals surface area contributed by atoms with Gasteiger partial charge in [-0.15, -0.1) is 16.4 Å². The minimum Gasteiger partial charge on any atom is -0.307 e. The molecule has 34 heavy (non-hydrogen) atoms. The summed E-state index contributed by atoms with van der Waals surface area (Å²) < 4.78 is 3.79. The molecule has 0 amide bonds. The first kappa shape index (κ1) is 20.6. The fourth-order valence-electron chi connectivity index (χ4n) is 4.45. The van der Waals surface area contributed by atoms with Gasteiger partial charge in [-0.1, -0.05) is 42.0 Å². The van der Waals surface area contributed by atoms with E-state index in [1.54, 1.807) is 11.3 Å². The Morgan fingerprint density at radius 1 is 0.853 bits per heavy atom. The van der Waals surface area contributed by atoms with Crippen LogP contribution in [0.25, 0.3) is 32.9 Å². The molecule has 7 nitrogen and oxygen atoms in total. The van der Waals surface area contributed by atoms with Crippen LogP contribution in [0.15, 0.2) is 60.0 Å². The summed E-state index contributed by atoms with van der Waals surface area (Å²) in [5.74, 6) is 1.21. The third kappa shape index (κ3) is 3.34. The molecule has 8 heteroatoms. The first-order valence-electron chi connectivity index (χ1n) is 11.1. The number of aryl methyl sites for hydroxylation is 4. The van der Waals surface area contributed by atoms with Crippen molar-refractivity contribution in [1.82, 2.24) is 29.4 Å². The van der Waals surface area contributed by atoms with E-state index in [1.165, 1.54) is 11.1 Å². The first-order chi connectivity index (χ1) is 16.5. The summed E-state index contributed by atoms with van der Waals surface area (Å²) in [6.07, 6.45) is 0. The summed E-state index contributed by atoms with van der Waals surface area (Å²) >= 11 is 1.58. The van der Waals surface area contributed by atoms with E-state index in [9.17, 15) is 0 Å². The Labute approximate surface area is 200 Å². The van der Waals surface area contributed by atoms with Gasteiger partial charge in [-0.05, 0) is 57.0 Å². The summed E-state index contributed by atoms with van der Waals surface area (Å²) in [6, 6.07) is 18.5. The number of anilines is 2. The molecule has 0 aliphatic rings. The topological polar surface area (TPSA) is 72.9 Å². The van der Waals surface area contributed by atoms with E-state index >= 15 is 0 Å². The molecular weight excluding hydrogens is 442 g/mol. The quantitative estimate of drug-likeness (QED) is 0.337. The fraction of sp³-hybridized carbons (Fsp3) is 0.154. The largest absolute Gasteiger partial charge is 0.307 e. The maximum absolute atomic E-state index is 4.89. The molecule has 0 bridgehead atoms. The SMILES string of the molecule is Cc1ccc(-c2csc3nc(Nc4cc(C)c5c(C)nn(-c6ccccc6)c5n4)nn23)c(C)c1. The highest BCUT2D eigenvalue weighted by molar-refractivity contribution is 7.15. The monoisotopic (exact) mass is 465 g/mol. The van der Waals surface area contributed by atoms with Crippen LogP contribution < -0.4 is 5.32 Å². The van der Waals surface area contributed by atoms with Crippen molar-refractivity contribution in [3.05, 3.63) is 82.4 Å². The third-order valence-corrected chi connectivity index (χ3v) is 6.81. The van der Waals surface area contributed by atoms with Crippen LogP contribution in [0.2, 0.25) is 0 Å². The number of rotatable bonds is 4. The molecule has 0 radical (unpaired) electrons. The minimum atomic E-state index is 0.520. The number of thiazole rings is 1. The molecule has 0 fully saturated rings. The average Bonchev–Trinajstić information content (AvgIpc) is 3.48. The summed E-state index contributed by atoms with van der Waals surface area (Å²) in [6.45, 7) is 8.33. The van der Waals surface area contributed by atoms with Gasteiger partial charge in [0, 0.05) is 16.3 Å². The van der Waals surface area contributed by atoms with E-state index in [2.05, 4.69) is 49.7 Å². The van der Waals surface area contributed by atoms with Crippen molar-refractivity contribution < 1.29 is 0 Å². The van der Waals surface area contributed by atoms with Gasteiger partial charge >= 0.3 is 0 Å². The second-order valence-corrected chi connectivity index (χ2v) is 9.39. The molecule has 0 aliphatic carbocycles. The zero-order valence-electron chi connectivity index (χ0n) is 19.4. The van der Waals surface area contributed by atoms with E-state index in [1.807, 2.05) is 52.5 Å². The second-order valence-electron chi connectivity index (χ2n) is 8.55. The van der Waals surface area contributed by atoms with Crippen molar-refractivity contribution in [3.63, 3.8) is 0 Å². The Balaban J connectivity index is 1.41. The third-order valence-electron chi connectivity index (χ3n) is 5.99. The zero-order chi connectivity index (χ0) is 23.4. The van der Waals surface area contributed by atoms with Crippen molar-refractivity contribution >= 4 is 39.1 Å². The highest BCUT2D eigenvalue weighted by Crippen LogP contribution is 2.30. The molecule has 4 aromatic heterocycles. The number of aromatic nitrogens is 6. The van der Waals surface area contributed by atoms with Gasteiger partial charge in [0.1, 0.15) is 5.82 Å². The smallest absolute Gasteiger partial charge is 0.249 e. The van der Waals surface area contributed by atoms with Gasteiger partial charge in [-0.25, -0.2) is 14.2 Å². The first-order valence-corrected chi connectivity index (χ1v) is 12.0. The molecule has 0 aliphatic heterocycles. The average molecular weight is 466 g/mol. The molecule has 0 spiro atoms. The number of nitrogens with one attached hydrogen (secondary N) is 1. The van der Waals surface area contributed by atoms with Gasteiger partial charge in [-0.3, -0.25) is 0 Å². The van der Waals surface area contributed by atoms with Crippen molar-refractivity contribution in [2.45, 2.75) is 27.7 Å². The number of hydrogen-bond acceptors (Lipinski definition) is 6. The van der Waals surface area contributed by atoms with Crippen molar-refractivity contribution in [2.75, 3.05) is 5.32 Å². The molecule has 0 saturated carbocycles. The van der Waals surface area contributed by atoms with Crippen LogP contribution in [0.5, 0.6) is 0 Å². The van der Waals surface area contributed by atoms with Crippen LogP contribution in [0, 0.1) is 27.7 Å². The van der Waals surface area contributed by atoms with Gasteiger partial charge in [0.15, 0.2) is 5.65 Å². The van der Waals surface area contributed by atoms with E-state index in [4.69, 9.17) is 20.2 Å². The maximum atomic E-state index is 4.89. The van der Waals surface area contributed by atoms with Crippen LogP contribution in [0.3, 0.4) is 0 Å². The fourth-order valence-corrected chi connectivity index (χ4v) is 5.27. The Hall–Kier alpha value is -4.04. The lowest BCUT2D eigenvalue weighted by molar-refractivity contribution is 0.878. The molecular formula is C26H23N7S. The Bertz CT molecular complexity index is 1670. The van der Waals surface area contributed by atoms with Gasteiger partial charge in [-0.2, -0.15) is 10.1 Å². The summed E-state index contributed by atoms with van der Waals surface area (Å²) in [5, 5.41) is 16.0. The number of benzene rings is 2. The van der Waals surface area contributed by atoms with Crippen LogP contribution in [-0.2, 0) is 0 Å². The normalized spacial score (nSPS) is 11.5. The molecule has 6 aromatic rings. The highest BCUT2D eigenvalue weighted by Gasteiger charge is 2.17. The lowest BCUT2D eigenvalue weighted by atomic mass is 10.0. The van der Waals surface area contributed by atoms with Crippen LogP contribution in [0.4, 0.5) is 11.8 Å². The molecule has 168 valence electrons. The Morgan fingerprint density at radius 3 is 2.47 bits per heavy atom. The lowest BCUT2D eigenvalue weighted by Crippen LogP contribution is -2.01. The minimum absolute atomic E-state index is 0.520. The number of fused-ring (bicyclic) bond motifs is 2. The molecule has 2 aromatic carbocycles. The van der Waals surface area contributed by atoms with Gasteiger partial charge in [0.05, 0.1) is 17.1 Å². The van der Waals surface area contributed by atoms with Crippen molar-refractivity contribution in [2.24, 2.45) is 0 Å². The van der Waals surface area contributed by atoms with Gasteiger partial charge < -0.3 is 5.32 Å². The molecule has 0 atom stereocenters. The van der Waals surface area contributed by atoms with Crippen molar-refractivity contribution in [1.29, 1.82) is 0 Å². The molecule has 1 N–H and O–H groups in total.